The molecule has 0 amide bonds. The number of nitrogens with zero attached hydrogens (tertiary/aromatic N) is 5. The maximum atomic E-state index is 13.3. The highest BCUT2D eigenvalue weighted by Gasteiger charge is 2.21. The largest absolute Gasteiger partial charge is 0.335 e. The summed E-state index contributed by atoms with van der Waals surface area (Å²) in [6, 6.07) is 15.9. The van der Waals surface area contributed by atoms with Gasteiger partial charge < -0.3 is 0 Å². The predicted molar refractivity (Wildman–Crippen MR) is 142 cm³/mol. The second-order valence-corrected chi connectivity index (χ2v) is 9.64. The van der Waals surface area contributed by atoms with Crippen LogP contribution < -0.4 is 5.69 Å². The number of imidazole rings is 1. The van der Waals surface area contributed by atoms with Gasteiger partial charge in [-0.3, -0.25) is 9.36 Å². The van der Waals surface area contributed by atoms with Crippen LogP contribution in [0.1, 0.15) is 61.0 Å². The van der Waals surface area contributed by atoms with Crippen molar-refractivity contribution in [3.05, 3.63) is 76.5 Å². The van der Waals surface area contributed by atoms with Crippen molar-refractivity contribution in [3.8, 4) is 34.9 Å². The zero-order valence-electron chi connectivity index (χ0n) is 20.8. The number of terminal acetylenes is 1. The van der Waals surface area contributed by atoms with Gasteiger partial charge in [-0.2, -0.15) is 5.21 Å². The van der Waals surface area contributed by atoms with Gasteiger partial charge in [0.1, 0.15) is 0 Å². The summed E-state index contributed by atoms with van der Waals surface area (Å²) in [5.41, 5.74) is 4.32. The number of carbonyl (C=O) groups is 1. The summed E-state index contributed by atoms with van der Waals surface area (Å²) in [4.78, 5) is 26.4. The molecular formula is C29H30N6O2. The summed E-state index contributed by atoms with van der Waals surface area (Å²) in [5, 5.41) is 14.4. The first-order chi connectivity index (χ1) is 18.1. The zero-order valence-corrected chi connectivity index (χ0v) is 20.8. The Morgan fingerprint density at radius 1 is 1.05 bits per heavy atom. The molecule has 8 nitrogen and oxygen atoms in total. The molecule has 188 valence electrons. The molecule has 4 aromatic rings. The van der Waals surface area contributed by atoms with Crippen molar-refractivity contribution in [2.75, 3.05) is 0 Å². The van der Waals surface area contributed by atoms with Gasteiger partial charge in [0.25, 0.3) is 0 Å². The molecule has 2 heterocycles. The smallest absolute Gasteiger partial charge is 0.292 e. The molecule has 37 heavy (non-hydrogen) atoms. The van der Waals surface area contributed by atoms with E-state index in [9.17, 15) is 9.59 Å². The fraction of sp³-hybridized carbons (Fsp3) is 0.345. The molecular weight excluding hydrogens is 464 g/mol. The Morgan fingerprint density at radius 2 is 1.81 bits per heavy atom. The lowest BCUT2D eigenvalue weighted by Gasteiger charge is -2.20. The van der Waals surface area contributed by atoms with Crippen LogP contribution in [0.3, 0.4) is 0 Å². The van der Waals surface area contributed by atoms with Gasteiger partial charge >= 0.3 is 5.69 Å². The second kappa shape index (κ2) is 11.2. The maximum absolute atomic E-state index is 13.3. The number of hydrogen-bond donors (Lipinski definition) is 1. The van der Waals surface area contributed by atoms with Gasteiger partial charge in [0.2, 0.25) is 11.7 Å². The first-order valence-corrected chi connectivity index (χ1v) is 12.8. The molecule has 2 aromatic heterocycles. The van der Waals surface area contributed by atoms with Crippen LogP contribution in [0.4, 0.5) is 0 Å². The van der Waals surface area contributed by atoms with E-state index in [0.717, 1.165) is 53.6 Å². The molecule has 0 spiro atoms. The number of hydrogen-bond acceptors (Lipinski definition) is 5. The highest BCUT2D eigenvalue weighted by Crippen LogP contribution is 2.30. The van der Waals surface area contributed by atoms with Crippen molar-refractivity contribution in [2.24, 2.45) is 5.92 Å². The number of rotatable bonds is 8. The van der Waals surface area contributed by atoms with Crippen LogP contribution in [0.25, 0.3) is 22.5 Å². The fourth-order valence-corrected chi connectivity index (χ4v) is 5.19. The zero-order chi connectivity index (χ0) is 25.6. The normalized spacial score (nSPS) is 13.9. The lowest BCUT2D eigenvalue weighted by Crippen LogP contribution is -2.30. The Kier molecular flexibility index (Phi) is 7.41. The van der Waals surface area contributed by atoms with Gasteiger partial charge in [-0.25, -0.2) is 9.36 Å². The summed E-state index contributed by atoms with van der Waals surface area (Å²) in [6.07, 6.45) is 14.4. The summed E-state index contributed by atoms with van der Waals surface area (Å²) in [7, 11) is 0. The Hall–Kier alpha value is -4.25. The van der Waals surface area contributed by atoms with E-state index in [1.807, 2.05) is 48.5 Å². The van der Waals surface area contributed by atoms with Crippen molar-refractivity contribution < 1.29 is 4.79 Å². The maximum Gasteiger partial charge on any atom is 0.335 e. The first kappa shape index (κ1) is 24.4. The van der Waals surface area contributed by atoms with Crippen LogP contribution in [0.15, 0.2) is 59.5 Å². The summed E-state index contributed by atoms with van der Waals surface area (Å²) in [5.74, 6) is 3.43. The topological polar surface area (TPSA) is 98.5 Å². The third kappa shape index (κ3) is 5.46. The minimum atomic E-state index is -0.292. The van der Waals surface area contributed by atoms with Crippen LogP contribution in [-0.4, -0.2) is 35.7 Å². The van der Waals surface area contributed by atoms with Gasteiger partial charge in [0.15, 0.2) is 0 Å². The molecule has 0 bridgehead atoms. The fourth-order valence-electron chi connectivity index (χ4n) is 5.19. The van der Waals surface area contributed by atoms with Crippen LogP contribution in [0.2, 0.25) is 0 Å². The highest BCUT2D eigenvalue weighted by atomic mass is 16.2. The van der Waals surface area contributed by atoms with E-state index in [1.54, 1.807) is 10.8 Å². The number of nitrogens with one attached hydrogen (secondary N) is 1. The van der Waals surface area contributed by atoms with E-state index in [2.05, 4.69) is 26.5 Å². The molecule has 8 heteroatoms. The lowest BCUT2D eigenvalue weighted by atomic mass is 9.87. The van der Waals surface area contributed by atoms with Crippen LogP contribution in [0, 0.1) is 18.3 Å². The first-order valence-electron chi connectivity index (χ1n) is 12.8. The van der Waals surface area contributed by atoms with Gasteiger partial charge in [-0.1, -0.05) is 67.8 Å². The molecule has 0 saturated heterocycles. The number of H-pyrrole nitrogens is 1. The van der Waals surface area contributed by atoms with Crippen molar-refractivity contribution in [3.63, 3.8) is 0 Å². The summed E-state index contributed by atoms with van der Waals surface area (Å²) in [6.45, 7) is 0.370. The van der Waals surface area contributed by atoms with E-state index in [4.69, 9.17) is 6.42 Å². The minimum Gasteiger partial charge on any atom is -0.292 e. The third-order valence-corrected chi connectivity index (χ3v) is 7.16. The minimum absolute atomic E-state index is 0.119. The Balaban J connectivity index is 1.39. The average molecular weight is 495 g/mol. The van der Waals surface area contributed by atoms with Crippen molar-refractivity contribution >= 4 is 5.91 Å². The predicted octanol–water partition coefficient (Wildman–Crippen LogP) is 4.72. The van der Waals surface area contributed by atoms with Gasteiger partial charge in [-0.05, 0) is 40.7 Å². The summed E-state index contributed by atoms with van der Waals surface area (Å²) >= 11 is 0. The molecule has 1 aliphatic rings. The van der Waals surface area contributed by atoms with Crippen molar-refractivity contribution in [1.29, 1.82) is 0 Å². The van der Waals surface area contributed by atoms with Crippen LogP contribution >= 0.6 is 0 Å². The number of carbonyl (C=O) groups excluding carboxylic acids is 1. The van der Waals surface area contributed by atoms with E-state index in [-0.39, 0.29) is 11.6 Å². The SMILES string of the molecule is C#CCCc1cn(C(=O)CC2CCCCC2)c(=O)n1Cc1ccc(-c2ccccc2-c2nn[nH]n2)cc1. The molecule has 0 aliphatic heterocycles. The standard InChI is InChI=1S/C29H30N6O2/c1-2-3-11-24-20-35(27(36)18-21-9-5-4-6-10-21)29(37)34(24)19-22-14-16-23(17-15-22)25-12-7-8-13-26(25)28-30-32-33-31-28/h1,7-8,12-17,20-21H,3-6,9-11,18-19H2,(H,30,31,32,33). The van der Waals surface area contributed by atoms with E-state index < -0.39 is 0 Å². The molecule has 2 aromatic carbocycles. The Morgan fingerprint density at radius 3 is 2.51 bits per heavy atom. The average Bonchev–Trinajstić information content (AvgIpc) is 3.57. The second-order valence-electron chi connectivity index (χ2n) is 9.64. The monoisotopic (exact) mass is 494 g/mol. The van der Waals surface area contributed by atoms with Crippen LogP contribution in [-0.2, 0) is 13.0 Å². The van der Waals surface area contributed by atoms with E-state index in [0.29, 0.717) is 37.5 Å². The summed E-state index contributed by atoms with van der Waals surface area (Å²) < 4.78 is 2.98. The molecule has 1 saturated carbocycles. The van der Waals surface area contributed by atoms with Gasteiger partial charge in [-0.15, -0.1) is 22.5 Å². The molecule has 1 N–H and O–H groups in total. The molecule has 5 rings (SSSR count). The van der Waals surface area contributed by atoms with E-state index in [1.165, 1.54) is 11.0 Å². The molecule has 1 fully saturated rings. The molecule has 1 aliphatic carbocycles. The number of aromatic amines is 1. The number of aryl methyl sites for hydroxylation is 1. The van der Waals surface area contributed by atoms with E-state index >= 15 is 0 Å². The lowest BCUT2D eigenvalue weighted by molar-refractivity contribution is 0.0863. The quantitative estimate of drug-likeness (QED) is 0.357. The number of tetrazole rings is 1. The third-order valence-electron chi connectivity index (χ3n) is 7.16. The molecule has 0 radical (unpaired) electrons. The van der Waals surface area contributed by atoms with Crippen molar-refractivity contribution in [2.45, 2.75) is 57.9 Å². The number of aromatic nitrogens is 6. The van der Waals surface area contributed by atoms with Gasteiger partial charge in [0.05, 0.1) is 6.54 Å². The molecule has 0 unspecified atom stereocenters. The number of benzene rings is 2. The Labute approximate surface area is 215 Å². The van der Waals surface area contributed by atoms with Gasteiger partial charge in [0, 0.05) is 36.7 Å². The Bertz CT molecular complexity index is 1450. The van der Waals surface area contributed by atoms with Crippen LogP contribution in [0.5, 0.6) is 0 Å². The molecule has 0 atom stereocenters. The van der Waals surface area contributed by atoms with Crippen molar-refractivity contribution in [1.82, 2.24) is 29.8 Å². The highest BCUT2D eigenvalue weighted by molar-refractivity contribution is 5.80.